The largest absolute Gasteiger partial charge is 0.457 e. The van der Waals surface area contributed by atoms with Gasteiger partial charge >= 0.3 is 0 Å². The lowest BCUT2D eigenvalue weighted by molar-refractivity contribution is 0.237. The van der Waals surface area contributed by atoms with Crippen LogP contribution in [0.4, 0.5) is 5.69 Å². The van der Waals surface area contributed by atoms with Gasteiger partial charge < -0.3 is 19.1 Å². The van der Waals surface area contributed by atoms with Gasteiger partial charge in [-0.2, -0.15) is 0 Å². The van der Waals surface area contributed by atoms with Crippen LogP contribution in [0.25, 0.3) is 66.5 Å². The highest BCUT2D eigenvalue weighted by Crippen LogP contribution is 2.46. The molecule has 6 heteroatoms. The maximum Gasteiger partial charge on any atom is 0.137 e. The van der Waals surface area contributed by atoms with Crippen molar-refractivity contribution in [1.29, 1.82) is 0 Å². The highest BCUT2D eigenvalue weighted by Gasteiger charge is 2.37. The van der Waals surface area contributed by atoms with E-state index in [1.165, 1.54) is 55.3 Å². The van der Waals surface area contributed by atoms with Crippen LogP contribution in [0.2, 0.25) is 0 Å². The van der Waals surface area contributed by atoms with Crippen molar-refractivity contribution in [3.8, 4) is 23.0 Å². The second-order valence-electron chi connectivity index (χ2n) is 18.9. The van der Waals surface area contributed by atoms with E-state index in [2.05, 4.69) is 242 Å². The second kappa shape index (κ2) is 15.1. The van der Waals surface area contributed by atoms with E-state index in [9.17, 15) is 0 Å². The van der Waals surface area contributed by atoms with Crippen molar-refractivity contribution in [1.82, 2.24) is 19.0 Å². The molecule has 0 atom stereocenters. The van der Waals surface area contributed by atoms with Gasteiger partial charge in [0, 0.05) is 67.9 Å². The minimum Gasteiger partial charge on any atom is -0.457 e. The fourth-order valence-corrected chi connectivity index (χ4v) is 9.62. The molecular weight excluding hydrogens is 783 g/mol. The first-order chi connectivity index (χ1) is 31.0. The summed E-state index contributed by atoms with van der Waals surface area (Å²) in [6, 6.07) is 65.0. The quantitative estimate of drug-likeness (QED) is 0.160. The molecule has 4 heterocycles. The van der Waals surface area contributed by atoms with Gasteiger partial charge in [0.1, 0.15) is 17.3 Å². The summed E-state index contributed by atoms with van der Waals surface area (Å²) in [5, 5.41) is 4.75. The predicted octanol–water partition coefficient (Wildman–Crippen LogP) is 14.8. The van der Waals surface area contributed by atoms with Crippen LogP contribution >= 0.6 is 0 Å². The average Bonchev–Trinajstić information content (AvgIpc) is 3.98. The molecular formula is C58H51N5O. The van der Waals surface area contributed by atoms with Crippen LogP contribution in [-0.4, -0.2) is 31.2 Å². The van der Waals surface area contributed by atoms with E-state index >= 15 is 0 Å². The van der Waals surface area contributed by atoms with Gasteiger partial charge in [-0.25, -0.2) is 4.98 Å². The number of pyridine rings is 1. The first-order valence-electron chi connectivity index (χ1n) is 22.2. The molecule has 1 aliphatic heterocycles. The summed E-state index contributed by atoms with van der Waals surface area (Å²) >= 11 is 0. The van der Waals surface area contributed by atoms with Gasteiger partial charge in [-0.1, -0.05) is 130 Å². The lowest BCUT2D eigenvalue weighted by Gasteiger charge is -2.36. The van der Waals surface area contributed by atoms with Gasteiger partial charge in [0.25, 0.3) is 0 Å². The first kappa shape index (κ1) is 39.3. The van der Waals surface area contributed by atoms with Gasteiger partial charge in [-0.15, -0.1) is 0 Å². The Balaban J connectivity index is 1.09. The second-order valence-corrected chi connectivity index (χ2v) is 18.9. The summed E-state index contributed by atoms with van der Waals surface area (Å²) < 4.78 is 11.7. The molecule has 0 saturated carbocycles. The SMILES string of the molecule is CC(C)(C)c1ccnc(-n2c3cc(Oc4cccc(N5CN(C(C)(C)C)C(c6ccccc6)=C5c5ccccc5)c4)ccc3c3c2ccc2c4ccccc4n(-c4ccccc4)c23)c1. The molecule has 0 amide bonds. The Morgan fingerprint density at radius 3 is 1.84 bits per heavy atom. The van der Waals surface area contributed by atoms with Crippen LogP contribution in [0.1, 0.15) is 58.2 Å². The Morgan fingerprint density at radius 2 is 1.12 bits per heavy atom. The number of aromatic nitrogens is 3. The van der Waals surface area contributed by atoms with Crippen molar-refractivity contribution in [3.05, 3.63) is 205 Å². The van der Waals surface area contributed by atoms with Crippen LogP contribution in [0.5, 0.6) is 11.5 Å². The van der Waals surface area contributed by atoms with E-state index in [-0.39, 0.29) is 11.0 Å². The predicted molar refractivity (Wildman–Crippen MR) is 267 cm³/mol. The van der Waals surface area contributed by atoms with Gasteiger partial charge in [0.2, 0.25) is 0 Å². The molecule has 6 nitrogen and oxygen atoms in total. The minimum absolute atomic E-state index is 0.0561. The zero-order valence-electron chi connectivity index (χ0n) is 37.2. The van der Waals surface area contributed by atoms with Crippen molar-refractivity contribution in [2.75, 3.05) is 11.6 Å². The lowest BCUT2D eigenvalue weighted by Crippen LogP contribution is -2.41. The summed E-state index contributed by atoms with van der Waals surface area (Å²) in [5.74, 6) is 2.39. The van der Waals surface area contributed by atoms with Crippen LogP contribution in [0, 0.1) is 0 Å². The molecule has 7 aromatic carbocycles. The van der Waals surface area contributed by atoms with Crippen molar-refractivity contribution in [3.63, 3.8) is 0 Å². The standard InChI is InChI=1S/C58H51N5O/c1-57(2,3)41-33-34-59-52(35-41)63-50-32-31-47-46-27-16-17-28-49(46)62(42-23-14-9-15-24-42)56(47)53(50)48-30-29-45(37-51(48)63)64-44-26-18-25-43(36-44)60-38-61(58(4,5)6)55(40-21-12-8-13-22-40)54(60)39-19-10-7-11-20-39/h7-37H,38H2,1-6H3. The van der Waals surface area contributed by atoms with Gasteiger partial charge in [0.15, 0.2) is 0 Å². The van der Waals surface area contributed by atoms with Gasteiger partial charge in [-0.3, -0.25) is 4.57 Å². The maximum absolute atomic E-state index is 6.93. The number of rotatable bonds is 7. The molecule has 64 heavy (non-hydrogen) atoms. The molecule has 11 rings (SSSR count). The van der Waals surface area contributed by atoms with Crippen molar-refractivity contribution in [2.24, 2.45) is 0 Å². The number of hydrogen-bond acceptors (Lipinski definition) is 4. The van der Waals surface area contributed by atoms with Crippen molar-refractivity contribution >= 4 is 60.7 Å². The smallest absolute Gasteiger partial charge is 0.137 e. The van der Waals surface area contributed by atoms with E-state index in [4.69, 9.17) is 9.72 Å². The monoisotopic (exact) mass is 833 g/mol. The zero-order chi connectivity index (χ0) is 43.7. The molecule has 0 radical (unpaired) electrons. The van der Waals surface area contributed by atoms with Crippen LogP contribution in [0.3, 0.4) is 0 Å². The summed E-state index contributed by atoms with van der Waals surface area (Å²) in [7, 11) is 0. The summed E-state index contributed by atoms with van der Waals surface area (Å²) in [6.45, 7) is 14.3. The lowest BCUT2D eigenvalue weighted by atomic mass is 9.88. The topological polar surface area (TPSA) is 38.5 Å². The molecule has 3 aromatic heterocycles. The van der Waals surface area contributed by atoms with Crippen molar-refractivity contribution < 1.29 is 4.74 Å². The fourth-order valence-electron chi connectivity index (χ4n) is 9.62. The number of ether oxygens (including phenoxy) is 1. The number of anilines is 1. The molecule has 0 bridgehead atoms. The van der Waals surface area contributed by atoms with E-state index < -0.39 is 0 Å². The molecule has 1 aliphatic rings. The molecule has 10 aromatic rings. The maximum atomic E-state index is 6.93. The van der Waals surface area contributed by atoms with Crippen LogP contribution in [-0.2, 0) is 5.41 Å². The highest BCUT2D eigenvalue weighted by molar-refractivity contribution is 6.26. The number of nitrogens with zero attached hydrogens (tertiary/aromatic N) is 5. The van der Waals surface area contributed by atoms with Crippen LogP contribution < -0.4 is 9.64 Å². The number of benzene rings is 7. The summed E-state index contributed by atoms with van der Waals surface area (Å²) in [4.78, 5) is 10.0. The molecule has 314 valence electrons. The Kier molecular flexibility index (Phi) is 9.24. The van der Waals surface area contributed by atoms with Crippen LogP contribution in [0.15, 0.2) is 188 Å². The third kappa shape index (κ3) is 6.60. The van der Waals surface area contributed by atoms with Crippen molar-refractivity contribution in [2.45, 2.75) is 52.5 Å². The first-order valence-corrected chi connectivity index (χ1v) is 22.2. The summed E-state index contributed by atoms with van der Waals surface area (Å²) in [5.41, 5.74) is 12.4. The number of para-hydroxylation sites is 2. The molecule has 0 spiro atoms. The average molecular weight is 834 g/mol. The number of fused-ring (bicyclic) bond motifs is 7. The molecule has 0 N–H and O–H groups in total. The zero-order valence-corrected chi connectivity index (χ0v) is 37.2. The molecule has 0 aliphatic carbocycles. The number of hydrogen-bond donors (Lipinski definition) is 0. The Bertz CT molecular complexity index is 3400. The molecule has 0 unspecified atom stereocenters. The Morgan fingerprint density at radius 1 is 0.484 bits per heavy atom. The van der Waals surface area contributed by atoms with Gasteiger partial charge in [0.05, 0.1) is 40.1 Å². The normalized spacial score (nSPS) is 13.6. The fraction of sp³-hybridized carbons (Fsp3) is 0.155. The van der Waals surface area contributed by atoms with E-state index in [1.807, 2.05) is 6.20 Å². The minimum atomic E-state index is -0.135. The van der Waals surface area contributed by atoms with E-state index in [1.54, 1.807) is 0 Å². The summed E-state index contributed by atoms with van der Waals surface area (Å²) in [6.07, 6.45) is 1.94. The highest BCUT2D eigenvalue weighted by atomic mass is 16.5. The van der Waals surface area contributed by atoms with Gasteiger partial charge in [-0.05, 0) is 92.4 Å². The Labute approximate surface area is 374 Å². The molecule has 0 saturated heterocycles. The third-order valence-electron chi connectivity index (χ3n) is 12.7. The Hall–Kier alpha value is -7.57. The van der Waals surface area contributed by atoms with E-state index in [0.717, 1.165) is 45.1 Å². The van der Waals surface area contributed by atoms with E-state index in [0.29, 0.717) is 6.67 Å². The third-order valence-corrected chi connectivity index (χ3v) is 12.7. The molecule has 0 fully saturated rings.